The molecule has 1 aliphatic rings. The Morgan fingerprint density at radius 1 is 1.09 bits per heavy atom. The number of anilines is 1. The first kappa shape index (κ1) is 16.3. The third-order valence-corrected chi connectivity index (χ3v) is 9.90. The van der Waals surface area contributed by atoms with Gasteiger partial charge in [0.2, 0.25) is 9.84 Å². The highest BCUT2D eigenvalue weighted by Gasteiger charge is 2.43. The quantitative estimate of drug-likeness (QED) is 0.668. The first-order valence-electron chi connectivity index (χ1n) is 7.61. The Balaban J connectivity index is 2.51. The van der Waals surface area contributed by atoms with Gasteiger partial charge >= 0.3 is 0 Å². The molecule has 0 amide bonds. The minimum absolute atomic E-state index is 0.100. The summed E-state index contributed by atoms with van der Waals surface area (Å²) in [6, 6.07) is 9.88. The van der Waals surface area contributed by atoms with Gasteiger partial charge in [0.05, 0.1) is 15.1 Å². The van der Waals surface area contributed by atoms with E-state index in [0.717, 1.165) is 5.56 Å². The highest BCUT2D eigenvalue weighted by atomic mass is 32.2. The fraction of sp³-hybridized carbons (Fsp3) is 0.294. The van der Waals surface area contributed by atoms with Crippen LogP contribution in [0.3, 0.4) is 0 Å². The van der Waals surface area contributed by atoms with Gasteiger partial charge in [0.25, 0.3) is 0 Å². The monoisotopic (exact) mass is 349 g/mol. The average molecular weight is 349 g/mol. The van der Waals surface area contributed by atoms with Crippen LogP contribution in [0, 0.1) is 0 Å². The number of rotatable bonds is 2. The Morgan fingerprint density at radius 2 is 1.74 bits per heavy atom. The largest absolute Gasteiger partial charge is 0.398 e. The van der Waals surface area contributed by atoms with Gasteiger partial charge in [0, 0.05) is 17.2 Å². The second-order valence-electron chi connectivity index (χ2n) is 6.10. The zero-order chi connectivity index (χ0) is 17.0. The molecular weight excluding hydrogens is 329 g/mol. The molecule has 0 aliphatic carbocycles. The van der Waals surface area contributed by atoms with Crippen LogP contribution in [0.5, 0.6) is 0 Å². The zero-order valence-electron chi connectivity index (χ0n) is 13.4. The maximum atomic E-state index is 13.8. The van der Waals surface area contributed by atoms with Gasteiger partial charge < -0.3 is 10.3 Å². The summed E-state index contributed by atoms with van der Waals surface area (Å²) < 4.78 is 39.7. The fourth-order valence-electron chi connectivity index (χ4n) is 3.25. The molecule has 1 heterocycles. The van der Waals surface area contributed by atoms with Gasteiger partial charge in [-0.2, -0.15) is 0 Å². The second kappa shape index (κ2) is 5.22. The molecule has 2 N–H and O–H groups in total. The van der Waals surface area contributed by atoms with E-state index in [9.17, 15) is 13.0 Å². The van der Waals surface area contributed by atoms with Crippen molar-refractivity contribution in [2.75, 3.05) is 11.9 Å². The normalized spacial score (nSPS) is 21.7. The Bertz CT molecular complexity index is 948. The lowest BCUT2D eigenvalue weighted by Gasteiger charge is -2.30. The van der Waals surface area contributed by atoms with Crippen LogP contribution in [0.4, 0.5) is 5.69 Å². The molecule has 2 aromatic rings. The molecule has 1 unspecified atom stereocenters. The van der Waals surface area contributed by atoms with E-state index < -0.39 is 17.0 Å². The van der Waals surface area contributed by atoms with Gasteiger partial charge in [-0.15, -0.1) is 0 Å². The van der Waals surface area contributed by atoms with Gasteiger partial charge in [-0.25, -0.2) is 8.42 Å². The minimum Gasteiger partial charge on any atom is -0.398 e. The fourth-order valence-corrected chi connectivity index (χ4v) is 8.91. The maximum absolute atomic E-state index is 13.8. The molecule has 0 saturated heterocycles. The van der Waals surface area contributed by atoms with Gasteiger partial charge in [-0.1, -0.05) is 39.0 Å². The Labute approximate surface area is 137 Å². The van der Waals surface area contributed by atoms with Gasteiger partial charge in [-0.3, -0.25) is 0 Å². The molecule has 0 saturated carbocycles. The van der Waals surface area contributed by atoms with E-state index in [4.69, 9.17) is 5.73 Å². The predicted octanol–water partition coefficient (Wildman–Crippen LogP) is 2.87. The molecular formula is C17H20NO3PS. The molecule has 3 rings (SSSR count). The lowest BCUT2D eigenvalue weighted by Crippen LogP contribution is -2.34. The topological polar surface area (TPSA) is 77.2 Å². The molecule has 6 heteroatoms. The number of hydrogen-bond donors (Lipinski definition) is 1. The number of fused-ring (bicyclic) bond motifs is 2. The first-order chi connectivity index (χ1) is 10.7. The number of benzene rings is 2. The van der Waals surface area contributed by atoms with E-state index in [1.165, 1.54) is 6.07 Å². The van der Waals surface area contributed by atoms with E-state index in [2.05, 4.69) is 0 Å². The second-order valence-corrected chi connectivity index (χ2v) is 11.0. The van der Waals surface area contributed by atoms with E-state index in [-0.39, 0.29) is 15.7 Å². The van der Waals surface area contributed by atoms with Gasteiger partial charge in [0.1, 0.15) is 7.14 Å². The third kappa shape index (κ3) is 2.10. The lowest BCUT2D eigenvalue weighted by molar-refractivity contribution is 0.581. The van der Waals surface area contributed by atoms with Crippen LogP contribution in [0.15, 0.2) is 46.2 Å². The van der Waals surface area contributed by atoms with E-state index in [0.29, 0.717) is 22.5 Å². The first-order valence-corrected chi connectivity index (χ1v) is 11.0. The number of nitrogens with two attached hydrogens (primary N) is 1. The zero-order valence-corrected chi connectivity index (χ0v) is 15.1. The smallest absolute Gasteiger partial charge is 0.208 e. The van der Waals surface area contributed by atoms with Crippen LogP contribution in [-0.4, -0.2) is 14.6 Å². The summed E-state index contributed by atoms with van der Waals surface area (Å²) in [5, 5.41) is 0.729. The molecule has 122 valence electrons. The lowest BCUT2D eigenvalue weighted by atomic mass is 10.0. The number of nitrogen functional groups attached to an aromatic ring is 1. The minimum atomic E-state index is -3.70. The number of sulfone groups is 1. The molecule has 4 nitrogen and oxygen atoms in total. The highest BCUT2D eigenvalue weighted by molar-refractivity contribution is 7.95. The van der Waals surface area contributed by atoms with Crippen molar-refractivity contribution in [1.82, 2.24) is 0 Å². The summed E-state index contributed by atoms with van der Waals surface area (Å²) in [7, 11) is -6.76. The molecule has 23 heavy (non-hydrogen) atoms. The summed E-state index contributed by atoms with van der Waals surface area (Å²) in [5.41, 5.74) is 7.50. The van der Waals surface area contributed by atoms with Crippen molar-refractivity contribution in [2.24, 2.45) is 0 Å². The van der Waals surface area contributed by atoms with Crippen LogP contribution < -0.4 is 16.3 Å². The SMILES string of the molecule is CCP1(=O)c2ccccc2S(=O)(=O)c2ccc(C(C)C)c(N)c21. The summed E-state index contributed by atoms with van der Waals surface area (Å²) in [4.78, 5) is 0.248. The van der Waals surface area contributed by atoms with Crippen LogP contribution in [-0.2, 0) is 14.4 Å². The van der Waals surface area contributed by atoms with Crippen LogP contribution in [0.25, 0.3) is 0 Å². The summed E-state index contributed by atoms with van der Waals surface area (Å²) in [6.07, 6.45) is 0.346. The molecule has 0 aromatic heterocycles. The van der Waals surface area contributed by atoms with Crippen LogP contribution >= 0.6 is 7.14 Å². The van der Waals surface area contributed by atoms with Crippen molar-refractivity contribution in [3.05, 3.63) is 42.0 Å². The molecule has 1 atom stereocenters. The predicted molar refractivity (Wildman–Crippen MR) is 94.3 cm³/mol. The Morgan fingerprint density at radius 3 is 2.35 bits per heavy atom. The van der Waals surface area contributed by atoms with Crippen molar-refractivity contribution in [1.29, 1.82) is 0 Å². The van der Waals surface area contributed by atoms with Crippen molar-refractivity contribution in [3.63, 3.8) is 0 Å². The maximum Gasteiger partial charge on any atom is 0.208 e. The van der Waals surface area contributed by atoms with E-state index >= 15 is 0 Å². The van der Waals surface area contributed by atoms with E-state index in [1.54, 1.807) is 30.3 Å². The molecule has 2 aromatic carbocycles. The Hall–Kier alpha value is -1.58. The molecule has 0 fully saturated rings. The Kier molecular flexibility index (Phi) is 3.69. The van der Waals surface area contributed by atoms with Crippen molar-refractivity contribution >= 4 is 33.3 Å². The molecule has 0 bridgehead atoms. The summed E-state index contributed by atoms with van der Waals surface area (Å²) in [5.74, 6) is 0.130. The van der Waals surface area contributed by atoms with Gasteiger partial charge in [0.15, 0.2) is 0 Å². The number of hydrogen-bond acceptors (Lipinski definition) is 4. The van der Waals surface area contributed by atoms with Crippen molar-refractivity contribution in [2.45, 2.75) is 36.5 Å². The highest BCUT2D eigenvalue weighted by Crippen LogP contribution is 2.52. The third-order valence-electron chi connectivity index (χ3n) is 4.48. The summed E-state index contributed by atoms with van der Waals surface area (Å²) >= 11 is 0. The van der Waals surface area contributed by atoms with Crippen LogP contribution in [0.2, 0.25) is 0 Å². The standard InChI is InChI=1S/C17H20NO3PS/c1-4-22(19)13-7-5-6-8-14(13)23(20,21)15-10-9-12(11(2)3)16(18)17(15)22/h5-11H,4,18H2,1-3H3. The van der Waals surface area contributed by atoms with Crippen molar-refractivity contribution in [3.8, 4) is 0 Å². The molecule has 1 aliphatic heterocycles. The van der Waals surface area contributed by atoms with Gasteiger partial charge in [-0.05, 0) is 29.7 Å². The summed E-state index contributed by atoms with van der Waals surface area (Å²) in [6.45, 7) is 5.79. The molecule has 0 spiro atoms. The van der Waals surface area contributed by atoms with Crippen LogP contribution in [0.1, 0.15) is 32.3 Å². The van der Waals surface area contributed by atoms with E-state index in [1.807, 2.05) is 20.8 Å². The average Bonchev–Trinajstić information content (AvgIpc) is 2.52. The molecule has 0 radical (unpaired) electrons. The van der Waals surface area contributed by atoms with Crippen molar-refractivity contribution < 1.29 is 13.0 Å².